The highest BCUT2D eigenvalue weighted by Gasteiger charge is 2.29. The largest absolute Gasteiger partial charge is 0.493 e. The molecule has 1 heterocycles. The van der Waals surface area contributed by atoms with Crippen molar-refractivity contribution in [3.63, 3.8) is 0 Å². The Morgan fingerprint density at radius 2 is 2.14 bits per heavy atom. The third kappa shape index (κ3) is 4.35. The Balaban J connectivity index is 1.78. The van der Waals surface area contributed by atoms with Crippen molar-refractivity contribution in [2.75, 3.05) is 20.2 Å². The van der Waals surface area contributed by atoms with E-state index in [2.05, 4.69) is 5.32 Å². The molecule has 0 aliphatic carbocycles. The highest BCUT2D eigenvalue weighted by molar-refractivity contribution is 5.81. The second-order valence-corrected chi connectivity index (χ2v) is 5.38. The number of methoxy groups -OCH3 is 1. The molecule has 3 N–H and O–H groups in total. The molecule has 6 heteroatoms. The Hall–Kier alpha value is -1.79. The minimum absolute atomic E-state index is 0.00185. The highest BCUT2D eigenvalue weighted by atomic mass is 16.5. The van der Waals surface area contributed by atoms with Gasteiger partial charge in [0.05, 0.1) is 19.8 Å². The van der Waals surface area contributed by atoms with Gasteiger partial charge in [-0.25, -0.2) is 0 Å². The molecule has 1 fully saturated rings. The first kappa shape index (κ1) is 16.6. The van der Waals surface area contributed by atoms with Crippen molar-refractivity contribution in [2.24, 2.45) is 5.73 Å². The maximum absolute atomic E-state index is 12.0. The fraction of sp³-hybridized carbons (Fsp3) is 0.562. The molecule has 122 valence electrons. The highest BCUT2D eigenvalue weighted by Crippen LogP contribution is 2.26. The predicted octanol–water partition coefficient (Wildman–Crippen LogP) is 1.08. The molecule has 1 amide bonds. The fourth-order valence-electron chi connectivity index (χ4n) is 2.40. The van der Waals surface area contributed by atoms with Crippen LogP contribution in [-0.2, 0) is 9.53 Å². The smallest absolute Gasteiger partial charge is 0.249 e. The average Bonchev–Trinajstić information content (AvgIpc) is 3.02. The van der Waals surface area contributed by atoms with E-state index in [0.717, 1.165) is 12.8 Å². The molecule has 3 atom stereocenters. The van der Waals surface area contributed by atoms with Crippen LogP contribution in [0.5, 0.6) is 11.5 Å². The number of para-hydroxylation sites is 2. The van der Waals surface area contributed by atoms with Gasteiger partial charge in [0.2, 0.25) is 5.91 Å². The Labute approximate surface area is 130 Å². The summed E-state index contributed by atoms with van der Waals surface area (Å²) in [4.78, 5) is 12.0. The zero-order chi connectivity index (χ0) is 15.9. The molecule has 22 heavy (non-hydrogen) atoms. The Morgan fingerprint density at radius 1 is 1.41 bits per heavy atom. The van der Waals surface area contributed by atoms with E-state index < -0.39 is 6.10 Å². The first-order valence-corrected chi connectivity index (χ1v) is 7.57. The summed E-state index contributed by atoms with van der Waals surface area (Å²) in [5.41, 5.74) is 5.54. The van der Waals surface area contributed by atoms with E-state index >= 15 is 0 Å². The monoisotopic (exact) mass is 308 g/mol. The van der Waals surface area contributed by atoms with Gasteiger partial charge in [-0.15, -0.1) is 0 Å². The molecule has 2 rings (SSSR count). The van der Waals surface area contributed by atoms with Crippen LogP contribution in [0.4, 0.5) is 0 Å². The van der Waals surface area contributed by atoms with Crippen molar-refractivity contribution in [1.29, 1.82) is 0 Å². The van der Waals surface area contributed by atoms with Crippen LogP contribution in [0.25, 0.3) is 0 Å². The average molecular weight is 308 g/mol. The lowest BCUT2D eigenvalue weighted by atomic mass is 10.2. The predicted molar refractivity (Wildman–Crippen MR) is 83.0 cm³/mol. The standard InChI is InChI=1S/C16H24N2O4/c1-11(21-14-6-4-3-5-13(14)20-2)10-18-16(19)15-8-7-12(9-17)22-15/h3-6,11-12,15H,7-10,17H2,1-2H3,(H,18,19)/t11?,12-,15+/m1/s1. The molecule has 1 aliphatic rings. The molecule has 1 unspecified atom stereocenters. The number of carbonyl (C=O) groups excluding carboxylic acids is 1. The van der Waals surface area contributed by atoms with Gasteiger partial charge in [0.1, 0.15) is 12.2 Å². The summed E-state index contributed by atoms with van der Waals surface area (Å²) >= 11 is 0. The van der Waals surface area contributed by atoms with Crippen LogP contribution in [0.3, 0.4) is 0 Å². The van der Waals surface area contributed by atoms with Crippen LogP contribution in [0, 0.1) is 0 Å². The molecular weight excluding hydrogens is 284 g/mol. The molecule has 1 aromatic carbocycles. The SMILES string of the molecule is COc1ccccc1OC(C)CNC(=O)[C@@H]1CC[C@H](CN)O1. The summed E-state index contributed by atoms with van der Waals surface area (Å²) in [6.07, 6.45) is 0.981. The number of benzene rings is 1. The van der Waals surface area contributed by atoms with Crippen LogP contribution >= 0.6 is 0 Å². The van der Waals surface area contributed by atoms with Crippen LogP contribution < -0.4 is 20.5 Å². The van der Waals surface area contributed by atoms with Crippen LogP contribution in [0.15, 0.2) is 24.3 Å². The Bertz CT molecular complexity index is 495. The first-order chi connectivity index (χ1) is 10.6. The number of carbonyl (C=O) groups is 1. The van der Waals surface area contributed by atoms with Gasteiger partial charge in [-0.1, -0.05) is 12.1 Å². The van der Waals surface area contributed by atoms with Crippen molar-refractivity contribution in [3.8, 4) is 11.5 Å². The van der Waals surface area contributed by atoms with Crippen molar-refractivity contribution >= 4 is 5.91 Å². The van der Waals surface area contributed by atoms with Gasteiger partial charge in [0.15, 0.2) is 11.5 Å². The van der Waals surface area contributed by atoms with E-state index in [4.69, 9.17) is 19.9 Å². The van der Waals surface area contributed by atoms with E-state index in [1.165, 1.54) is 0 Å². The minimum atomic E-state index is -0.396. The molecule has 1 aliphatic heterocycles. The van der Waals surface area contributed by atoms with Crippen LogP contribution in [-0.4, -0.2) is 44.4 Å². The molecule has 0 aromatic heterocycles. The number of hydrogen-bond donors (Lipinski definition) is 2. The third-order valence-corrected chi connectivity index (χ3v) is 3.62. The maximum atomic E-state index is 12.0. The van der Waals surface area contributed by atoms with Crippen molar-refractivity contribution in [2.45, 2.75) is 38.1 Å². The summed E-state index contributed by atoms with van der Waals surface area (Å²) in [7, 11) is 1.60. The number of rotatable bonds is 7. The third-order valence-electron chi connectivity index (χ3n) is 3.62. The number of nitrogens with two attached hydrogens (primary N) is 1. The van der Waals surface area contributed by atoms with Gasteiger partial charge >= 0.3 is 0 Å². The second-order valence-electron chi connectivity index (χ2n) is 5.38. The normalized spacial score (nSPS) is 22.1. The van der Waals surface area contributed by atoms with Gasteiger partial charge in [-0.05, 0) is 31.9 Å². The molecule has 0 bridgehead atoms. The number of nitrogens with one attached hydrogen (secondary N) is 1. The summed E-state index contributed by atoms with van der Waals surface area (Å²) in [5.74, 6) is 1.23. The Morgan fingerprint density at radius 3 is 2.77 bits per heavy atom. The topological polar surface area (TPSA) is 82.8 Å². The molecule has 1 saturated heterocycles. The summed E-state index contributed by atoms with van der Waals surface area (Å²) in [6, 6.07) is 7.43. The minimum Gasteiger partial charge on any atom is -0.493 e. The van der Waals surface area contributed by atoms with E-state index in [-0.39, 0.29) is 18.1 Å². The van der Waals surface area contributed by atoms with Gasteiger partial charge in [-0.3, -0.25) is 4.79 Å². The lowest BCUT2D eigenvalue weighted by molar-refractivity contribution is -0.132. The van der Waals surface area contributed by atoms with Gasteiger partial charge in [0, 0.05) is 6.54 Å². The van der Waals surface area contributed by atoms with Crippen molar-refractivity contribution in [1.82, 2.24) is 5.32 Å². The van der Waals surface area contributed by atoms with E-state index in [9.17, 15) is 4.79 Å². The molecule has 0 saturated carbocycles. The maximum Gasteiger partial charge on any atom is 0.249 e. The summed E-state index contributed by atoms with van der Waals surface area (Å²) < 4.78 is 16.6. The second kappa shape index (κ2) is 8.00. The zero-order valence-electron chi connectivity index (χ0n) is 13.1. The van der Waals surface area contributed by atoms with Crippen LogP contribution in [0.2, 0.25) is 0 Å². The lowest BCUT2D eigenvalue weighted by Gasteiger charge is -2.18. The van der Waals surface area contributed by atoms with Gasteiger partial charge in [0.25, 0.3) is 0 Å². The quantitative estimate of drug-likeness (QED) is 0.788. The number of ether oxygens (including phenoxy) is 3. The summed E-state index contributed by atoms with van der Waals surface area (Å²) in [5, 5.41) is 2.86. The molecule has 0 spiro atoms. The number of amides is 1. The summed E-state index contributed by atoms with van der Waals surface area (Å²) in [6.45, 7) is 2.76. The van der Waals surface area contributed by atoms with Crippen molar-refractivity contribution in [3.05, 3.63) is 24.3 Å². The fourth-order valence-corrected chi connectivity index (χ4v) is 2.40. The van der Waals surface area contributed by atoms with Gasteiger partial charge in [-0.2, -0.15) is 0 Å². The van der Waals surface area contributed by atoms with Crippen molar-refractivity contribution < 1.29 is 19.0 Å². The zero-order valence-corrected chi connectivity index (χ0v) is 13.1. The lowest BCUT2D eigenvalue weighted by Crippen LogP contribution is -2.40. The van der Waals surface area contributed by atoms with E-state index in [1.807, 2.05) is 31.2 Å². The van der Waals surface area contributed by atoms with E-state index in [0.29, 0.717) is 24.6 Å². The molecule has 1 aromatic rings. The molecule has 0 radical (unpaired) electrons. The van der Waals surface area contributed by atoms with Crippen LogP contribution in [0.1, 0.15) is 19.8 Å². The number of hydrogen-bond acceptors (Lipinski definition) is 5. The van der Waals surface area contributed by atoms with Gasteiger partial charge < -0.3 is 25.3 Å². The first-order valence-electron chi connectivity index (χ1n) is 7.57. The Kier molecular flexibility index (Phi) is 6.03. The van der Waals surface area contributed by atoms with E-state index in [1.54, 1.807) is 7.11 Å². The molecule has 6 nitrogen and oxygen atoms in total. The molecular formula is C16H24N2O4.